The Labute approximate surface area is 157 Å². The van der Waals surface area contributed by atoms with Gasteiger partial charge in [0.05, 0.1) is 36.4 Å². The molecule has 0 amide bonds. The molecule has 9 heteroatoms. The van der Waals surface area contributed by atoms with Crippen molar-refractivity contribution in [2.45, 2.75) is 92.8 Å². The standard InChI is InChI=1S/3C5H11NO2.2CH4/c3*1-3(7)5(6)4(2)8;;/h3*3,5,7H,6H2,1-2H3;2*1H4/t3*3-,5-;;/m000../s1. The van der Waals surface area contributed by atoms with Gasteiger partial charge in [-0.3, -0.25) is 14.4 Å². The van der Waals surface area contributed by atoms with Gasteiger partial charge in [-0.2, -0.15) is 0 Å². The van der Waals surface area contributed by atoms with E-state index in [4.69, 9.17) is 32.5 Å². The maximum Gasteiger partial charge on any atom is 0.149 e. The van der Waals surface area contributed by atoms with Crippen LogP contribution >= 0.6 is 0 Å². The molecule has 0 aliphatic carbocycles. The Balaban J connectivity index is -0.0000000817. The van der Waals surface area contributed by atoms with Crippen molar-refractivity contribution in [1.29, 1.82) is 0 Å². The average Bonchev–Trinajstić information content (AvgIpc) is 2.45. The van der Waals surface area contributed by atoms with Gasteiger partial charge in [0.15, 0.2) is 0 Å². The van der Waals surface area contributed by atoms with Gasteiger partial charge in [-0.05, 0) is 41.5 Å². The number of nitrogens with two attached hydrogens (primary N) is 3. The first kappa shape index (κ1) is 35.8. The molecule has 0 aliphatic rings. The van der Waals surface area contributed by atoms with Crippen molar-refractivity contribution >= 4 is 17.3 Å². The van der Waals surface area contributed by atoms with Crippen LogP contribution in [0, 0.1) is 0 Å². The molecule has 0 bridgehead atoms. The monoisotopic (exact) mass is 383 g/mol. The number of hydrogen-bond donors (Lipinski definition) is 6. The quantitative estimate of drug-likeness (QED) is 0.338. The van der Waals surface area contributed by atoms with Gasteiger partial charge in [-0.15, -0.1) is 0 Å². The maximum atomic E-state index is 10.3. The van der Waals surface area contributed by atoms with Crippen molar-refractivity contribution < 1.29 is 29.7 Å². The summed E-state index contributed by atoms with van der Waals surface area (Å²) in [7, 11) is 0. The second-order valence-corrected chi connectivity index (χ2v) is 5.63. The van der Waals surface area contributed by atoms with Crippen LogP contribution in [0.15, 0.2) is 0 Å². The summed E-state index contributed by atoms with van der Waals surface area (Å²) < 4.78 is 0. The Morgan fingerprint density at radius 3 is 0.692 bits per heavy atom. The lowest BCUT2D eigenvalue weighted by atomic mass is 10.1. The molecule has 6 atom stereocenters. The van der Waals surface area contributed by atoms with Crippen LogP contribution in [-0.2, 0) is 14.4 Å². The van der Waals surface area contributed by atoms with Crippen molar-refractivity contribution in [1.82, 2.24) is 0 Å². The zero-order valence-electron chi connectivity index (χ0n) is 15.3. The molecule has 0 saturated carbocycles. The highest BCUT2D eigenvalue weighted by Crippen LogP contribution is 1.89. The second kappa shape index (κ2) is 18.6. The molecule has 0 rings (SSSR count). The predicted molar refractivity (Wildman–Crippen MR) is 104 cm³/mol. The summed E-state index contributed by atoms with van der Waals surface area (Å²) in [4.78, 5) is 30.9. The van der Waals surface area contributed by atoms with Crippen LogP contribution in [0.25, 0.3) is 0 Å². The third-order valence-electron chi connectivity index (χ3n) is 2.97. The van der Waals surface area contributed by atoms with Gasteiger partial charge >= 0.3 is 0 Å². The normalized spacial score (nSPS) is 16.2. The summed E-state index contributed by atoms with van der Waals surface area (Å²) in [5.41, 5.74) is 15.5. The topological polar surface area (TPSA) is 190 Å². The van der Waals surface area contributed by atoms with Crippen molar-refractivity contribution in [2.75, 3.05) is 0 Å². The number of rotatable bonds is 6. The molecule has 9 N–H and O–H groups in total. The van der Waals surface area contributed by atoms with E-state index in [0.717, 1.165) is 0 Å². The fraction of sp³-hybridized carbons (Fsp3) is 0.824. The molecule has 0 aromatic heterocycles. The Bertz CT molecular complexity index is 330. The van der Waals surface area contributed by atoms with Gasteiger partial charge in [0.25, 0.3) is 0 Å². The van der Waals surface area contributed by atoms with Crippen molar-refractivity contribution in [3.05, 3.63) is 0 Å². The van der Waals surface area contributed by atoms with E-state index in [0.29, 0.717) is 0 Å². The number of ketones is 3. The molecule has 160 valence electrons. The van der Waals surface area contributed by atoms with Gasteiger partial charge in [-0.25, -0.2) is 0 Å². The number of aliphatic hydroxyl groups is 3. The molecule has 0 spiro atoms. The third kappa shape index (κ3) is 20.8. The molecule has 0 radical (unpaired) electrons. The van der Waals surface area contributed by atoms with Gasteiger partial charge in [0, 0.05) is 0 Å². The van der Waals surface area contributed by atoms with Crippen molar-refractivity contribution in [3.63, 3.8) is 0 Å². The Kier molecular flexibility index (Phi) is 25.6. The summed E-state index contributed by atoms with van der Waals surface area (Å²) in [6, 6.07) is -2.14. The largest absolute Gasteiger partial charge is 0.391 e. The Morgan fingerprint density at radius 2 is 0.692 bits per heavy atom. The van der Waals surface area contributed by atoms with Gasteiger partial charge in [-0.1, -0.05) is 14.9 Å². The van der Waals surface area contributed by atoms with Crippen LogP contribution < -0.4 is 17.2 Å². The smallest absolute Gasteiger partial charge is 0.149 e. The van der Waals surface area contributed by atoms with Crippen LogP contribution in [0.1, 0.15) is 56.4 Å². The molecule has 0 fully saturated rings. The first-order valence-electron chi connectivity index (χ1n) is 7.49. The molecule has 0 heterocycles. The lowest BCUT2D eigenvalue weighted by molar-refractivity contribution is -0.121. The number of aliphatic hydroxyl groups excluding tert-OH is 3. The number of hydrogen-bond acceptors (Lipinski definition) is 9. The molecular formula is C17H41N3O6. The Morgan fingerprint density at radius 1 is 0.577 bits per heavy atom. The number of carbonyl (C=O) groups is 3. The highest BCUT2D eigenvalue weighted by Gasteiger charge is 2.13. The molecule has 9 nitrogen and oxygen atoms in total. The van der Waals surface area contributed by atoms with E-state index in [-0.39, 0.29) is 32.2 Å². The first-order valence-corrected chi connectivity index (χ1v) is 7.49. The van der Waals surface area contributed by atoms with Crippen LogP contribution in [0.4, 0.5) is 0 Å². The second-order valence-electron chi connectivity index (χ2n) is 5.63. The maximum absolute atomic E-state index is 10.3. The van der Waals surface area contributed by atoms with E-state index < -0.39 is 36.4 Å². The summed E-state index contributed by atoms with van der Waals surface area (Å²) in [6.07, 6.45) is -2.19. The van der Waals surface area contributed by atoms with Gasteiger partial charge < -0.3 is 32.5 Å². The molecule has 0 saturated heterocycles. The zero-order valence-corrected chi connectivity index (χ0v) is 15.3. The minimum atomic E-state index is -0.729. The molecule has 0 aromatic carbocycles. The van der Waals surface area contributed by atoms with Crippen LogP contribution in [0.3, 0.4) is 0 Å². The van der Waals surface area contributed by atoms with E-state index in [1.807, 2.05) is 0 Å². The third-order valence-corrected chi connectivity index (χ3v) is 2.97. The van der Waals surface area contributed by atoms with Crippen molar-refractivity contribution in [2.24, 2.45) is 17.2 Å². The summed E-state index contributed by atoms with van der Waals surface area (Å²) in [5, 5.41) is 25.9. The number of Topliss-reactive ketones (excluding diaryl/α,β-unsaturated/α-hetero) is 3. The van der Waals surface area contributed by atoms with Crippen LogP contribution in [0.5, 0.6) is 0 Å². The molecule has 26 heavy (non-hydrogen) atoms. The molecule has 0 aliphatic heterocycles. The average molecular weight is 384 g/mol. The van der Waals surface area contributed by atoms with E-state index in [1.54, 1.807) is 0 Å². The fourth-order valence-corrected chi connectivity index (χ4v) is 1.02. The van der Waals surface area contributed by atoms with E-state index >= 15 is 0 Å². The lowest BCUT2D eigenvalue weighted by Crippen LogP contribution is -2.38. The van der Waals surface area contributed by atoms with E-state index in [1.165, 1.54) is 41.5 Å². The minimum absolute atomic E-state index is 0. The fourth-order valence-electron chi connectivity index (χ4n) is 1.02. The highest BCUT2D eigenvalue weighted by atomic mass is 16.3. The van der Waals surface area contributed by atoms with Crippen molar-refractivity contribution in [3.8, 4) is 0 Å². The van der Waals surface area contributed by atoms with Crippen LogP contribution in [0.2, 0.25) is 0 Å². The highest BCUT2D eigenvalue weighted by molar-refractivity contribution is 5.82. The summed E-state index contributed by atoms with van der Waals surface area (Å²) in [5.74, 6) is -0.542. The summed E-state index contributed by atoms with van der Waals surface area (Å²) in [6.45, 7) is 8.55. The minimum Gasteiger partial charge on any atom is -0.391 e. The van der Waals surface area contributed by atoms with Gasteiger partial charge in [0.2, 0.25) is 0 Å². The zero-order chi connectivity index (χ0) is 20.2. The lowest BCUT2D eigenvalue weighted by Gasteiger charge is -2.08. The van der Waals surface area contributed by atoms with E-state index in [9.17, 15) is 14.4 Å². The van der Waals surface area contributed by atoms with Crippen LogP contribution in [-0.4, -0.2) is 69.1 Å². The molecular weight excluding hydrogens is 342 g/mol. The first-order chi connectivity index (χ1) is 10.7. The SMILES string of the molecule is C.C.CC(=O)[C@@H](N)[C@H](C)O.CC(=O)[C@@H](N)[C@H](C)O.CC(=O)[C@@H](N)[C@H](C)O. The van der Waals surface area contributed by atoms with E-state index in [2.05, 4.69) is 0 Å². The summed E-state index contributed by atoms with van der Waals surface area (Å²) >= 11 is 0. The number of carbonyl (C=O) groups excluding carboxylic acids is 3. The Hall–Kier alpha value is -1.23. The molecule has 0 aromatic rings. The molecule has 0 unspecified atom stereocenters. The predicted octanol–water partition coefficient (Wildman–Crippen LogP) is -0.877. The van der Waals surface area contributed by atoms with Gasteiger partial charge in [0.1, 0.15) is 17.3 Å².